The molecule has 0 aliphatic rings. The highest BCUT2D eigenvalue weighted by Crippen LogP contribution is 2.09. The Balaban J connectivity index is 2.11. The van der Waals surface area contributed by atoms with Gasteiger partial charge >= 0.3 is 6.01 Å². The van der Waals surface area contributed by atoms with E-state index in [9.17, 15) is 4.79 Å². The fourth-order valence-corrected chi connectivity index (χ4v) is 1.14. The molecule has 2 heterocycles. The third-order valence-corrected chi connectivity index (χ3v) is 1.96. The van der Waals surface area contributed by atoms with E-state index in [1.54, 1.807) is 13.0 Å². The standard InChI is InChI=1S/C9H7ClN4O2/c1-5-13-14-9(16-5)12-8(15)6-2-3-7(10)11-4-6/h2-4H,1H3,(H,12,14,15). The Kier molecular flexibility index (Phi) is 2.82. The summed E-state index contributed by atoms with van der Waals surface area (Å²) in [5, 5.41) is 9.97. The number of hydrogen-bond acceptors (Lipinski definition) is 5. The molecule has 1 amide bonds. The first-order valence-corrected chi connectivity index (χ1v) is 4.76. The minimum Gasteiger partial charge on any atom is -0.408 e. The molecule has 0 fully saturated rings. The first-order valence-electron chi connectivity index (χ1n) is 4.38. The summed E-state index contributed by atoms with van der Waals surface area (Å²) < 4.78 is 5.00. The Morgan fingerprint density at radius 3 is 2.81 bits per heavy atom. The molecule has 0 aromatic carbocycles. The maximum atomic E-state index is 11.6. The molecule has 2 aromatic rings. The number of carbonyl (C=O) groups excluding carboxylic acids is 1. The van der Waals surface area contributed by atoms with Crippen LogP contribution in [0.15, 0.2) is 22.7 Å². The minimum atomic E-state index is -0.382. The van der Waals surface area contributed by atoms with E-state index in [1.807, 2.05) is 0 Å². The number of carbonyl (C=O) groups is 1. The summed E-state index contributed by atoms with van der Waals surface area (Å²) in [4.78, 5) is 15.4. The van der Waals surface area contributed by atoms with E-state index in [0.717, 1.165) is 0 Å². The van der Waals surface area contributed by atoms with Gasteiger partial charge in [-0.2, -0.15) is 0 Å². The lowest BCUT2D eigenvalue weighted by Crippen LogP contribution is -2.12. The molecule has 6 nitrogen and oxygen atoms in total. The number of hydrogen-bond donors (Lipinski definition) is 1. The van der Waals surface area contributed by atoms with Crippen molar-refractivity contribution in [3.63, 3.8) is 0 Å². The number of nitrogens with zero attached hydrogens (tertiary/aromatic N) is 3. The van der Waals surface area contributed by atoms with Crippen molar-refractivity contribution >= 4 is 23.5 Å². The van der Waals surface area contributed by atoms with Crippen LogP contribution in [0.4, 0.5) is 6.01 Å². The maximum absolute atomic E-state index is 11.6. The zero-order valence-electron chi connectivity index (χ0n) is 8.27. The van der Waals surface area contributed by atoms with Crippen LogP contribution in [0.2, 0.25) is 5.15 Å². The average Bonchev–Trinajstić information content (AvgIpc) is 2.65. The molecule has 1 N–H and O–H groups in total. The van der Waals surface area contributed by atoms with Crippen molar-refractivity contribution in [1.82, 2.24) is 15.2 Å². The van der Waals surface area contributed by atoms with Crippen molar-refractivity contribution in [3.05, 3.63) is 34.9 Å². The molecule has 7 heteroatoms. The van der Waals surface area contributed by atoms with E-state index in [0.29, 0.717) is 16.6 Å². The molecule has 0 aliphatic carbocycles. The summed E-state index contributed by atoms with van der Waals surface area (Å²) in [5.41, 5.74) is 0.361. The smallest absolute Gasteiger partial charge is 0.322 e. The Bertz CT molecular complexity index is 508. The normalized spacial score (nSPS) is 10.1. The number of pyridine rings is 1. The molecule has 0 spiro atoms. The van der Waals surface area contributed by atoms with Crippen molar-refractivity contribution < 1.29 is 9.21 Å². The van der Waals surface area contributed by atoms with Gasteiger partial charge in [-0.05, 0) is 12.1 Å². The van der Waals surface area contributed by atoms with Crippen LogP contribution in [-0.4, -0.2) is 21.1 Å². The predicted octanol–water partition coefficient (Wildman–Crippen LogP) is 1.68. The minimum absolute atomic E-state index is 0.0532. The Hall–Kier alpha value is -1.95. The highest BCUT2D eigenvalue weighted by atomic mass is 35.5. The van der Waals surface area contributed by atoms with Crippen molar-refractivity contribution in [2.24, 2.45) is 0 Å². The van der Waals surface area contributed by atoms with Gasteiger partial charge in [0.25, 0.3) is 5.91 Å². The van der Waals surface area contributed by atoms with Crippen LogP contribution in [0.5, 0.6) is 0 Å². The number of aromatic nitrogens is 3. The van der Waals surface area contributed by atoms with E-state index < -0.39 is 0 Å². The van der Waals surface area contributed by atoms with Crippen molar-refractivity contribution in [1.29, 1.82) is 0 Å². The summed E-state index contributed by atoms with van der Waals surface area (Å²) in [6, 6.07) is 3.13. The Morgan fingerprint density at radius 2 is 2.25 bits per heavy atom. The van der Waals surface area contributed by atoms with E-state index in [1.165, 1.54) is 12.3 Å². The lowest BCUT2D eigenvalue weighted by atomic mass is 10.3. The number of halogens is 1. The molecule has 0 unspecified atom stereocenters. The molecule has 0 bridgehead atoms. The van der Waals surface area contributed by atoms with Crippen LogP contribution >= 0.6 is 11.6 Å². The predicted molar refractivity (Wildman–Crippen MR) is 56.2 cm³/mol. The van der Waals surface area contributed by atoms with Gasteiger partial charge in [-0.3, -0.25) is 10.1 Å². The van der Waals surface area contributed by atoms with Crippen LogP contribution in [0.25, 0.3) is 0 Å². The van der Waals surface area contributed by atoms with E-state index in [-0.39, 0.29) is 11.9 Å². The fourth-order valence-electron chi connectivity index (χ4n) is 1.03. The van der Waals surface area contributed by atoms with Crippen molar-refractivity contribution in [2.45, 2.75) is 6.92 Å². The highest BCUT2D eigenvalue weighted by Gasteiger charge is 2.10. The molecule has 2 aromatic heterocycles. The topological polar surface area (TPSA) is 80.9 Å². The van der Waals surface area contributed by atoms with Gasteiger partial charge in [-0.1, -0.05) is 16.7 Å². The lowest BCUT2D eigenvalue weighted by Gasteiger charge is -1.99. The number of rotatable bonds is 2. The van der Waals surface area contributed by atoms with Crippen LogP contribution in [-0.2, 0) is 0 Å². The monoisotopic (exact) mass is 238 g/mol. The summed E-state index contributed by atoms with van der Waals surface area (Å²) in [5.74, 6) is -0.00246. The average molecular weight is 239 g/mol. The van der Waals surface area contributed by atoms with Gasteiger partial charge in [0.05, 0.1) is 5.56 Å². The second-order valence-corrected chi connectivity index (χ2v) is 3.34. The first-order chi connectivity index (χ1) is 7.65. The van der Waals surface area contributed by atoms with Crippen molar-refractivity contribution in [2.75, 3.05) is 5.32 Å². The molecular weight excluding hydrogens is 232 g/mol. The number of aryl methyl sites for hydroxylation is 1. The first kappa shape index (κ1) is 10.6. The highest BCUT2D eigenvalue weighted by molar-refractivity contribution is 6.29. The second-order valence-electron chi connectivity index (χ2n) is 2.95. The van der Waals surface area contributed by atoms with Crippen LogP contribution < -0.4 is 5.32 Å². The molecule has 0 saturated carbocycles. The number of amides is 1. The van der Waals surface area contributed by atoms with Crippen LogP contribution in [0.3, 0.4) is 0 Å². The SMILES string of the molecule is Cc1nnc(NC(=O)c2ccc(Cl)nc2)o1. The van der Waals surface area contributed by atoms with Crippen LogP contribution in [0.1, 0.15) is 16.2 Å². The molecule has 82 valence electrons. The summed E-state index contributed by atoms with van der Waals surface area (Å²) in [6.45, 7) is 1.63. The van der Waals surface area contributed by atoms with E-state index in [4.69, 9.17) is 16.0 Å². The van der Waals surface area contributed by atoms with Gasteiger partial charge < -0.3 is 4.42 Å². The molecule has 0 saturated heterocycles. The number of anilines is 1. The molecular formula is C9H7ClN4O2. The van der Waals surface area contributed by atoms with E-state index >= 15 is 0 Å². The summed E-state index contributed by atoms with van der Waals surface area (Å²) in [6.07, 6.45) is 1.36. The van der Waals surface area contributed by atoms with Gasteiger partial charge in [-0.25, -0.2) is 4.98 Å². The third kappa shape index (κ3) is 2.34. The quantitative estimate of drug-likeness (QED) is 0.805. The van der Waals surface area contributed by atoms with Gasteiger partial charge in [0, 0.05) is 13.1 Å². The fraction of sp³-hybridized carbons (Fsp3) is 0.111. The van der Waals surface area contributed by atoms with Gasteiger partial charge in [0.1, 0.15) is 5.15 Å². The summed E-state index contributed by atoms with van der Waals surface area (Å²) >= 11 is 5.60. The lowest BCUT2D eigenvalue weighted by molar-refractivity contribution is 0.102. The Labute approximate surface area is 95.7 Å². The zero-order valence-corrected chi connectivity index (χ0v) is 9.02. The second kappa shape index (κ2) is 4.28. The molecule has 2 rings (SSSR count). The van der Waals surface area contributed by atoms with Crippen molar-refractivity contribution in [3.8, 4) is 0 Å². The largest absolute Gasteiger partial charge is 0.408 e. The molecule has 0 atom stereocenters. The van der Waals surface area contributed by atoms with E-state index in [2.05, 4.69) is 20.5 Å². The molecule has 16 heavy (non-hydrogen) atoms. The number of nitrogens with one attached hydrogen (secondary N) is 1. The van der Waals surface area contributed by atoms with Gasteiger partial charge in [-0.15, -0.1) is 5.10 Å². The van der Waals surface area contributed by atoms with Gasteiger partial charge in [0.15, 0.2) is 0 Å². The zero-order chi connectivity index (χ0) is 11.5. The molecule has 0 aliphatic heterocycles. The maximum Gasteiger partial charge on any atom is 0.322 e. The Morgan fingerprint density at radius 1 is 1.44 bits per heavy atom. The summed E-state index contributed by atoms with van der Waals surface area (Å²) in [7, 11) is 0. The van der Waals surface area contributed by atoms with Gasteiger partial charge in [0.2, 0.25) is 5.89 Å². The molecule has 0 radical (unpaired) electrons. The van der Waals surface area contributed by atoms with Crippen LogP contribution in [0, 0.1) is 6.92 Å². The third-order valence-electron chi connectivity index (χ3n) is 1.74.